The van der Waals surface area contributed by atoms with Crippen LogP contribution in [0.15, 0.2) is 36.4 Å². The lowest BCUT2D eigenvalue weighted by Crippen LogP contribution is -2.34. The van der Waals surface area contributed by atoms with E-state index in [1.54, 1.807) is 12.1 Å². The van der Waals surface area contributed by atoms with Crippen LogP contribution in [0, 0.1) is 5.82 Å². The van der Waals surface area contributed by atoms with Gasteiger partial charge in [-0.3, -0.25) is 0 Å². The fraction of sp³-hybridized carbons (Fsp3) is 0.200. The Bertz CT molecular complexity index is 634. The summed E-state index contributed by atoms with van der Waals surface area (Å²) in [6.07, 6.45) is 0.785. The second-order valence-corrected chi connectivity index (χ2v) is 5.02. The maximum atomic E-state index is 13.1. The molecule has 0 saturated heterocycles. The summed E-state index contributed by atoms with van der Waals surface area (Å²) < 4.78 is 18.8. The number of benzene rings is 2. The number of halogens is 2. The lowest BCUT2D eigenvalue weighted by atomic mass is 9.77. The van der Waals surface area contributed by atoms with Gasteiger partial charge >= 0.3 is 7.12 Å². The van der Waals surface area contributed by atoms with E-state index in [0.717, 1.165) is 18.1 Å². The molecule has 0 fully saturated rings. The van der Waals surface area contributed by atoms with Crippen LogP contribution in [0.5, 0.6) is 5.75 Å². The minimum Gasteiger partial charge on any atom is -0.489 e. The quantitative estimate of drug-likeness (QED) is 0.833. The predicted octanol–water partition coefficient (Wildman–Crippen LogP) is 2.30. The SMILES string of the molecule is CCc1cc(OCc2ccc(F)cc2B(O)O)ccc1Cl. The Morgan fingerprint density at radius 1 is 1.14 bits per heavy atom. The number of ether oxygens (including phenoxy) is 1. The van der Waals surface area contributed by atoms with Crippen LogP contribution in [0.25, 0.3) is 0 Å². The molecule has 2 N–H and O–H groups in total. The molecule has 0 aliphatic carbocycles. The van der Waals surface area contributed by atoms with Gasteiger partial charge in [0, 0.05) is 5.02 Å². The summed E-state index contributed by atoms with van der Waals surface area (Å²) in [5, 5.41) is 19.2. The van der Waals surface area contributed by atoms with E-state index in [-0.39, 0.29) is 12.1 Å². The molecular formula is C15H15BClFO3. The lowest BCUT2D eigenvalue weighted by Gasteiger charge is -2.12. The molecule has 0 aliphatic rings. The molecule has 3 nitrogen and oxygen atoms in total. The van der Waals surface area contributed by atoms with Gasteiger partial charge in [-0.05, 0) is 53.3 Å². The Balaban J connectivity index is 2.16. The summed E-state index contributed by atoms with van der Waals surface area (Å²) in [6, 6.07) is 9.14. The first kappa shape index (κ1) is 15.8. The molecule has 110 valence electrons. The van der Waals surface area contributed by atoms with E-state index in [1.807, 2.05) is 13.0 Å². The molecule has 0 unspecified atom stereocenters. The van der Waals surface area contributed by atoms with Gasteiger partial charge < -0.3 is 14.8 Å². The zero-order valence-electron chi connectivity index (χ0n) is 11.5. The molecule has 0 radical (unpaired) electrons. The molecule has 0 bridgehead atoms. The van der Waals surface area contributed by atoms with Gasteiger partial charge in [0.2, 0.25) is 0 Å². The van der Waals surface area contributed by atoms with Gasteiger partial charge in [-0.2, -0.15) is 0 Å². The molecule has 0 amide bonds. The van der Waals surface area contributed by atoms with Crippen molar-refractivity contribution in [1.82, 2.24) is 0 Å². The molecule has 0 heterocycles. The molecule has 6 heteroatoms. The van der Waals surface area contributed by atoms with Crippen molar-refractivity contribution in [2.45, 2.75) is 20.0 Å². The highest BCUT2D eigenvalue weighted by Crippen LogP contribution is 2.23. The second kappa shape index (κ2) is 6.94. The van der Waals surface area contributed by atoms with Crippen LogP contribution in [0.1, 0.15) is 18.1 Å². The fourth-order valence-corrected chi connectivity index (χ4v) is 2.26. The highest BCUT2D eigenvalue weighted by atomic mass is 35.5. The fourth-order valence-electron chi connectivity index (χ4n) is 2.01. The third kappa shape index (κ3) is 3.97. The highest BCUT2D eigenvalue weighted by Gasteiger charge is 2.17. The molecule has 2 aromatic rings. The number of aryl methyl sites for hydroxylation is 1. The molecule has 2 rings (SSSR count). The first-order chi connectivity index (χ1) is 10.0. The number of hydrogen-bond acceptors (Lipinski definition) is 3. The van der Waals surface area contributed by atoms with Crippen LogP contribution < -0.4 is 10.2 Å². The van der Waals surface area contributed by atoms with E-state index in [9.17, 15) is 14.4 Å². The van der Waals surface area contributed by atoms with E-state index in [1.165, 1.54) is 12.1 Å². The lowest BCUT2D eigenvalue weighted by molar-refractivity contribution is 0.306. The predicted molar refractivity (Wildman–Crippen MR) is 81.4 cm³/mol. The summed E-state index contributed by atoms with van der Waals surface area (Å²) in [5.41, 5.74) is 1.58. The smallest absolute Gasteiger partial charge is 0.488 e. The summed E-state index contributed by atoms with van der Waals surface area (Å²) in [6.45, 7) is 2.10. The molecule has 0 atom stereocenters. The van der Waals surface area contributed by atoms with E-state index in [0.29, 0.717) is 16.3 Å². The van der Waals surface area contributed by atoms with Gasteiger partial charge in [-0.25, -0.2) is 4.39 Å². The summed E-state index contributed by atoms with van der Waals surface area (Å²) in [5.74, 6) is 0.0977. The molecule has 21 heavy (non-hydrogen) atoms. The Labute approximate surface area is 128 Å². The Morgan fingerprint density at radius 3 is 2.57 bits per heavy atom. The standard InChI is InChI=1S/C15H15BClFO3/c1-2-10-7-13(5-6-15(10)17)21-9-11-3-4-12(18)8-14(11)16(19)20/h3-8,19-20H,2,9H2,1H3. The van der Waals surface area contributed by atoms with Gasteiger partial charge in [0.05, 0.1) is 0 Å². The Morgan fingerprint density at radius 2 is 1.90 bits per heavy atom. The van der Waals surface area contributed by atoms with Crippen LogP contribution in [-0.4, -0.2) is 17.2 Å². The van der Waals surface area contributed by atoms with Gasteiger partial charge in [-0.1, -0.05) is 24.6 Å². The summed E-state index contributed by atoms with van der Waals surface area (Å²) >= 11 is 6.03. The van der Waals surface area contributed by atoms with Gasteiger partial charge in [0.15, 0.2) is 0 Å². The van der Waals surface area contributed by atoms with Gasteiger partial charge in [-0.15, -0.1) is 0 Å². The van der Waals surface area contributed by atoms with Crippen molar-refractivity contribution in [3.63, 3.8) is 0 Å². The van der Waals surface area contributed by atoms with Crippen LogP contribution in [-0.2, 0) is 13.0 Å². The Kier molecular flexibility index (Phi) is 5.23. The largest absolute Gasteiger partial charge is 0.489 e. The van der Waals surface area contributed by atoms with Crippen LogP contribution in [0.3, 0.4) is 0 Å². The van der Waals surface area contributed by atoms with Crippen LogP contribution >= 0.6 is 11.6 Å². The zero-order chi connectivity index (χ0) is 15.4. The van der Waals surface area contributed by atoms with Crippen molar-refractivity contribution in [2.75, 3.05) is 0 Å². The number of hydrogen-bond donors (Lipinski definition) is 2. The summed E-state index contributed by atoms with van der Waals surface area (Å²) in [7, 11) is -1.74. The van der Waals surface area contributed by atoms with E-state index >= 15 is 0 Å². The Hall–Kier alpha value is -1.56. The van der Waals surface area contributed by atoms with Crippen molar-refractivity contribution in [1.29, 1.82) is 0 Å². The molecule has 0 spiro atoms. The first-order valence-electron chi connectivity index (χ1n) is 6.57. The van der Waals surface area contributed by atoms with Crippen LogP contribution in [0.2, 0.25) is 5.02 Å². The van der Waals surface area contributed by atoms with Crippen molar-refractivity contribution in [2.24, 2.45) is 0 Å². The van der Waals surface area contributed by atoms with Crippen molar-refractivity contribution < 1.29 is 19.2 Å². The van der Waals surface area contributed by atoms with E-state index in [4.69, 9.17) is 16.3 Å². The van der Waals surface area contributed by atoms with E-state index in [2.05, 4.69) is 0 Å². The maximum absolute atomic E-state index is 13.1. The molecule has 0 aliphatic heterocycles. The third-order valence-corrected chi connectivity index (χ3v) is 3.55. The minimum absolute atomic E-state index is 0.0969. The van der Waals surface area contributed by atoms with Gasteiger partial charge in [0.1, 0.15) is 18.2 Å². The minimum atomic E-state index is -1.74. The number of rotatable bonds is 5. The molecular weight excluding hydrogens is 293 g/mol. The average molecular weight is 309 g/mol. The average Bonchev–Trinajstić information content (AvgIpc) is 2.47. The topological polar surface area (TPSA) is 49.7 Å². The monoisotopic (exact) mass is 308 g/mol. The van der Waals surface area contributed by atoms with Crippen molar-refractivity contribution >= 4 is 24.2 Å². The third-order valence-electron chi connectivity index (χ3n) is 3.18. The molecule has 0 saturated carbocycles. The maximum Gasteiger partial charge on any atom is 0.488 e. The van der Waals surface area contributed by atoms with Crippen LogP contribution in [0.4, 0.5) is 4.39 Å². The first-order valence-corrected chi connectivity index (χ1v) is 6.94. The molecule has 2 aromatic carbocycles. The van der Waals surface area contributed by atoms with Crippen molar-refractivity contribution in [3.8, 4) is 5.75 Å². The van der Waals surface area contributed by atoms with E-state index < -0.39 is 12.9 Å². The zero-order valence-corrected chi connectivity index (χ0v) is 12.3. The highest BCUT2D eigenvalue weighted by molar-refractivity contribution is 6.59. The second-order valence-electron chi connectivity index (χ2n) is 4.61. The van der Waals surface area contributed by atoms with Crippen molar-refractivity contribution in [3.05, 3.63) is 58.4 Å². The summed E-state index contributed by atoms with van der Waals surface area (Å²) in [4.78, 5) is 0. The molecule has 0 aromatic heterocycles. The van der Waals surface area contributed by atoms with Gasteiger partial charge in [0.25, 0.3) is 0 Å². The normalized spacial score (nSPS) is 10.5.